The number of hydrogen-bond acceptors (Lipinski definition) is 1. The summed E-state index contributed by atoms with van der Waals surface area (Å²) in [6.07, 6.45) is 12.6. The van der Waals surface area contributed by atoms with Gasteiger partial charge < -0.3 is 0 Å². The van der Waals surface area contributed by atoms with Gasteiger partial charge in [0.1, 0.15) is 0 Å². The molecule has 0 aliphatic carbocycles. The average Bonchev–Trinajstić information content (AvgIpc) is 2.25. The first-order valence-corrected chi connectivity index (χ1v) is 6.30. The third kappa shape index (κ3) is 5.17. The third-order valence-electron chi connectivity index (χ3n) is 2.66. The Morgan fingerprint density at radius 2 is 1.87 bits per heavy atom. The van der Waals surface area contributed by atoms with Gasteiger partial charge in [0.15, 0.2) is 0 Å². The van der Waals surface area contributed by atoms with Crippen LogP contribution in [0.25, 0.3) is 0 Å². The molecular weight excluding hydrogens is 206 g/mol. The van der Waals surface area contributed by atoms with Crippen molar-refractivity contribution in [2.75, 3.05) is 0 Å². The van der Waals surface area contributed by atoms with Crippen molar-refractivity contribution in [1.82, 2.24) is 4.98 Å². The Hall–Kier alpha value is -0.560. The molecule has 1 heterocycles. The maximum absolute atomic E-state index is 6.02. The summed E-state index contributed by atoms with van der Waals surface area (Å²) in [4.78, 5) is 3.98. The van der Waals surface area contributed by atoms with Gasteiger partial charge in [0, 0.05) is 12.4 Å². The van der Waals surface area contributed by atoms with Crippen LogP contribution in [0, 0.1) is 0 Å². The molecule has 0 fully saturated rings. The van der Waals surface area contributed by atoms with E-state index in [1.54, 1.807) is 6.20 Å². The second-order valence-corrected chi connectivity index (χ2v) is 4.39. The lowest BCUT2D eigenvalue weighted by Gasteiger charge is -2.03. The molecule has 15 heavy (non-hydrogen) atoms. The topological polar surface area (TPSA) is 12.9 Å². The fourth-order valence-corrected chi connectivity index (χ4v) is 1.92. The van der Waals surface area contributed by atoms with Gasteiger partial charge in [0.25, 0.3) is 0 Å². The van der Waals surface area contributed by atoms with Crippen molar-refractivity contribution >= 4 is 11.6 Å². The highest BCUT2D eigenvalue weighted by Crippen LogP contribution is 2.16. The number of pyridine rings is 1. The quantitative estimate of drug-likeness (QED) is 0.617. The zero-order valence-corrected chi connectivity index (χ0v) is 10.3. The van der Waals surface area contributed by atoms with Crippen LogP contribution in [-0.2, 0) is 6.42 Å². The Bertz CT molecular complexity index is 273. The highest BCUT2D eigenvalue weighted by atomic mass is 35.5. The second kappa shape index (κ2) is 7.70. The number of hydrogen-bond donors (Lipinski definition) is 0. The standard InChI is InChI=1S/C13H20ClN/c1-2-3-4-5-6-7-8-12-9-10-15-11-13(12)14/h9-11H,2-8H2,1H3. The molecule has 0 N–H and O–H groups in total. The Morgan fingerprint density at radius 3 is 2.60 bits per heavy atom. The lowest BCUT2D eigenvalue weighted by Crippen LogP contribution is -1.88. The lowest BCUT2D eigenvalue weighted by atomic mass is 10.1. The summed E-state index contributed by atoms with van der Waals surface area (Å²) >= 11 is 6.02. The molecule has 0 amide bonds. The van der Waals surface area contributed by atoms with E-state index in [4.69, 9.17) is 11.6 Å². The normalized spacial score (nSPS) is 10.5. The molecular formula is C13H20ClN. The summed E-state index contributed by atoms with van der Waals surface area (Å²) in [5.41, 5.74) is 1.24. The minimum atomic E-state index is 0.811. The van der Waals surface area contributed by atoms with E-state index in [1.807, 2.05) is 12.3 Å². The molecule has 1 aromatic heterocycles. The van der Waals surface area contributed by atoms with Crippen LogP contribution < -0.4 is 0 Å². The average molecular weight is 226 g/mol. The Labute approximate surface area is 97.9 Å². The number of aryl methyl sites for hydroxylation is 1. The van der Waals surface area contributed by atoms with Crippen molar-refractivity contribution < 1.29 is 0 Å². The number of aromatic nitrogens is 1. The third-order valence-corrected chi connectivity index (χ3v) is 3.00. The maximum atomic E-state index is 6.02. The molecule has 0 saturated heterocycles. The molecule has 1 rings (SSSR count). The molecule has 0 unspecified atom stereocenters. The minimum Gasteiger partial charge on any atom is -0.263 e. The summed E-state index contributed by atoms with van der Waals surface area (Å²) in [5.74, 6) is 0. The van der Waals surface area contributed by atoms with Gasteiger partial charge in [-0.1, -0.05) is 50.6 Å². The Morgan fingerprint density at radius 1 is 1.13 bits per heavy atom. The second-order valence-electron chi connectivity index (χ2n) is 3.98. The van der Waals surface area contributed by atoms with Crippen molar-refractivity contribution in [1.29, 1.82) is 0 Å². The predicted molar refractivity (Wildman–Crippen MR) is 66.3 cm³/mol. The molecule has 0 saturated carbocycles. The van der Waals surface area contributed by atoms with Crippen molar-refractivity contribution in [3.8, 4) is 0 Å². The number of nitrogens with zero attached hydrogens (tertiary/aromatic N) is 1. The zero-order valence-electron chi connectivity index (χ0n) is 9.51. The summed E-state index contributed by atoms with van der Waals surface area (Å²) in [5, 5.41) is 0.811. The summed E-state index contributed by atoms with van der Waals surface area (Å²) in [6, 6.07) is 2.02. The van der Waals surface area contributed by atoms with Gasteiger partial charge in [0.05, 0.1) is 5.02 Å². The van der Waals surface area contributed by atoms with E-state index in [9.17, 15) is 0 Å². The molecule has 0 aliphatic rings. The molecule has 0 atom stereocenters. The highest BCUT2D eigenvalue weighted by Gasteiger charge is 1.98. The van der Waals surface area contributed by atoms with Gasteiger partial charge in [-0.3, -0.25) is 4.98 Å². The molecule has 1 aromatic rings. The predicted octanol–water partition coefficient (Wildman–Crippen LogP) is 4.64. The largest absolute Gasteiger partial charge is 0.263 e. The van der Waals surface area contributed by atoms with Crippen LogP contribution in [0.15, 0.2) is 18.5 Å². The minimum absolute atomic E-state index is 0.811. The Kier molecular flexibility index (Phi) is 6.42. The van der Waals surface area contributed by atoms with E-state index in [2.05, 4.69) is 11.9 Å². The molecule has 84 valence electrons. The van der Waals surface area contributed by atoms with Gasteiger partial charge in [-0.25, -0.2) is 0 Å². The summed E-state index contributed by atoms with van der Waals surface area (Å²) in [6.45, 7) is 2.25. The van der Waals surface area contributed by atoms with Crippen LogP contribution in [0.3, 0.4) is 0 Å². The van der Waals surface area contributed by atoms with Crippen molar-refractivity contribution in [3.05, 3.63) is 29.0 Å². The smallest absolute Gasteiger partial charge is 0.0621 e. The fraction of sp³-hybridized carbons (Fsp3) is 0.615. The van der Waals surface area contributed by atoms with Crippen LogP contribution in [-0.4, -0.2) is 4.98 Å². The van der Waals surface area contributed by atoms with Crippen LogP contribution in [0.2, 0.25) is 5.02 Å². The van der Waals surface area contributed by atoms with Crippen molar-refractivity contribution in [3.63, 3.8) is 0 Å². The van der Waals surface area contributed by atoms with E-state index in [0.717, 1.165) is 11.4 Å². The number of halogens is 1. The molecule has 2 heteroatoms. The first-order chi connectivity index (χ1) is 7.34. The summed E-state index contributed by atoms with van der Waals surface area (Å²) in [7, 11) is 0. The molecule has 1 nitrogen and oxygen atoms in total. The highest BCUT2D eigenvalue weighted by molar-refractivity contribution is 6.31. The van der Waals surface area contributed by atoms with Gasteiger partial charge in [-0.05, 0) is 24.5 Å². The van der Waals surface area contributed by atoms with Crippen LogP contribution >= 0.6 is 11.6 Å². The van der Waals surface area contributed by atoms with Crippen LogP contribution in [0.5, 0.6) is 0 Å². The summed E-state index contributed by atoms with van der Waals surface area (Å²) < 4.78 is 0. The van der Waals surface area contributed by atoms with Crippen molar-refractivity contribution in [2.45, 2.75) is 51.9 Å². The monoisotopic (exact) mass is 225 g/mol. The van der Waals surface area contributed by atoms with E-state index in [-0.39, 0.29) is 0 Å². The van der Waals surface area contributed by atoms with E-state index in [1.165, 1.54) is 44.1 Å². The number of rotatable bonds is 7. The van der Waals surface area contributed by atoms with Gasteiger partial charge in [0.2, 0.25) is 0 Å². The maximum Gasteiger partial charge on any atom is 0.0621 e. The molecule has 0 spiro atoms. The van der Waals surface area contributed by atoms with Gasteiger partial charge >= 0.3 is 0 Å². The SMILES string of the molecule is CCCCCCCCc1ccncc1Cl. The van der Waals surface area contributed by atoms with Crippen LogP contribution in [0.4, 0.5) is 0 Å². The first kappa shape index (κ1) is 12.5. The van der Waals surface area contributed by atoms with E-state index in [0.29, 0.717) is 0 Å². The molecule has 0 aromatic carbocycles. The first-order valence-electron chi connectivity index (χ1n) is 5.93. The lowest BCUT2D eigenvalue weighted by molar-refractivity contribution is 0.607. The number of unbranched alkanes of at least 4 members (excludes halogenated alkanes) is 5. The van der Waals surface area contributed by atoms with E-state index < -0.39 is 0 Å². The van der Waals surface area contributed by atoms with Crippen LogP contribution in [0.1, 0.15) is 51.0 Å². The van der Waals surface area contributed by atoms with Crippen molar-refractivity contribution in [2.24, 2.45) is 0 Å². The molecule has 0 aliphatic heterocycles. The van der Waals surface area contributed by atoms with E-state index >= 15 is 0 Å². The van der Waals surface area contributed by atoms with Gasteiger partial charge in [-0.2, -0.15) is 0 Å². The van der Waals surface area contributed by atoms with Gasteiger partial charge in [-0.15, -0.1) is 0 Å². The zero-order chi connectivity index (χ0) is 10.9. The fourth-order valence-electron chi connectivity index (χ4n) is 1.70. The molecule has 0 bridgehead atoms. The molecule has 0 radical (unpaired) electrons. The Balaban J connectivity index is 2.12.